The topological polar surface area (TPSA) is 15.3 Å². The SMILES string of the molecule is CN1CCC(NCc2ccc3c(c2)CCC3)CC1. The van der Waals surface area contributed by atoms with Gasteiger partial charge in [0.25, 0.3) is 0 Å². The highest BCUT2D eigenvalue weighted by Gasteiger charge is 2.16. The molecule has 0 bridgehead atoms. The molecule has 0 amide bonds. The van der Waals surface area contributed by atoms with E-state index >= 15 is 0 Å². The number of nitrogens with zero attached hydrogens (tertiary/aromatic N) is 1. The van der Waals surface area contributed by atoms with Gasteiger partial charge in [0.1, 0.15) is 0 Å². The van der Waals surface area contributed by atoms with E-state index in [1.54, 1.807) is 11.1 Å². The molecule has 1 aliphatic heterocycles. The summed E-state index contributed by atoms with van der Waals surface area (Å²) in [7, 11) is 2.22. The molecule has 1 saturated heterocycles. The van der Waals surface area contributed by atoms with Crippen LogP contribution in [0.25, 0.3) is 0 Å². The monoisotopic (exact) mass is 244 g/mol. The van der Waals surface area contributed by atoms with Gasteiger partial charge in [0.2, 0.25) is 0 Å². The molecular formula is C16H24N2. The molecule has 18 heavy (non-hydrogen) atoms. The Labute approximate surface area is 110 Å². The second-order valence-corrected chi connectivity index (χ2v) is 5.92. The van der Waals surface area contributed by atoms with Crippen LogP contribution in [0.2, 0.25) is 0 Å². The summed E-state index contributed by atoms with van der Waals surface area (Å²) in [5.74, 6) is 0. The van der Waals surface area contributed by atoms with E-state index < -0.39 is 0 Å². The third kappa shape index (κ3) is 2.76. The minimum absolute atomic E-state index is 0.717. The quantitative estimate of drug-likeness (QED) is 0.878. The van der Waals surface area contributed by atoms with Crippen molar-refractivity contribution in [3.63, 3.8) is 0 Å². The van der Waals surface area contributed by atoms with E-state index in [1.165, 1.54) is 50.8 Å². The molecule has 1 N–H and O–H groups in total. The van der Waals surface area contributed by atoms with Crippen LogP contribution in [-0.2, 0) is 19.4 Å². The molecule has 1 aromatic rings. The van der Waals surface area contributed by atoms with Crippen LogP contribution in [-0.4, -0.2) is 31.1 Å². The van der Waals surface area contributed by atoms with Gasteiger partial charge in [-0.2, -0.15) is 0 Å². The van der Waals surface area contributed by atoms with Gasteiger partial charge in [-0.1, -0.05) is 18.2 Å². The lowest BCUT2D eigenvalue weighted by Gasteiger charge is -2.29. The first kappa shape index (κ1) is 12.2. The van der Waals surface area contributed by atoms with Gasteiger partial charge in [-0.25, -0.2) is 0 Å². The summed E-state index contributed by atoms with van der Waals surface area (Å²) in [6.45, 7) is 3.52. The van der Waals surface area contributed by atoms with Crippen molar-refractivity contribution in [2.24, 2.45) is 0 Å². The number of rotatable bonds is 3. The molecule has 0 atom stereocenters. The van der Waals surface area contributed by atoms with Gasteiger partial charge in [0.05, 0.1) is 0 Å². The number of likely N-dealkylation sites (tertiary alicyclic amines) is 1. The number of aryl methyl sites for hydroxylation is 2. The van der Waals surface area contributed by atoms with Gasteiger partial charge in [-0.15, -0.1) is 0 Å². The molecule has 0 aromatic heterocycles. The van der Waals surface area contributed by atoms with E-state index in [0.717, 1.165) is 12.6 Å². The standard InChI is InChI=1S/C16H24N2/c1-18-9-7-16(8-10-18)17-12-13-5-6-14-3-2-4-15(14)11-13/h5-6,11,16-17H,2-4,7-10,12H2,1H3. The Morgan fingerprint density at radius 2 is 1.94 bits per heavy atom. The number of hydrogen-bond acceptors (Lipinski definition) is 2. The summed E-state index contributed by atoms with van der Waals surface area (Å²) in [4.78, 5) is 2.42. The van der Waals surface area contributed by atoms with Crippen molar-refractivity contribution >= 4 is 0 Å². The molecule has 1 fully saturated rings. The van der Waals surface area contributed by atoms with Gasteiger partial charge in [0, 0.05) is 12.6 Å². The highest BCUT2D eigenvalue weighted by atomic mass is 15.1. The zero-order chi connectivity index (χ0) is 12.4. The highest BCUT2D eigenvalue weighted by molar-refractivity contribution is 5.35. The molecule has 2 heteroatoms. The summed E-state index contributed by atoms with van der Waals surface area (Å²) < 4.78 is 0. The van der Waals surface area contributed by atoms with Gasteiger partial charge in [-0.05, 0) is 68.9 Å². The molecule has 3 rings (SSSR count). The molecule has 1 aromatic carbocycles. The number of fused-ring (bicyclic) bond motifs is 1. The lowest BCUT2D eigenvalue weighted by Crippen LogP contribution is -2.40. The Kier molecular flexibility index (Phi) is 3.67. The van der Waals surface area contributed by atoms with Crippen LogP contribution in [0.3, 0.4) is 0 Å². The molecule has 0 unspecified atom stereocenters. The second-order valence-electron chi connectivity index (χ2n) is 5.92. The third-order valence-corrected chi connectivity index (χ3v) is 4.48. The van der Waals surface area contributed by atoms with Crippen LogP contribution in [0.1, 0.15) is 36.0 Å². The average molecular weight is 244 g/mol. The predicted molar refractivity (Wildman–Crippen MR) is 75.8 cm³/mol. The van der Waals surface area contributed by atoms with Crippen molar-refractivity contribution in [2.75, 3.05) is 20.1 Å². The minimum Gasteiger partial charge on any atom is -0.310 e. The van der Waals surface area contributed by atoms with Crippen LogP contribution < -0.4 is 5.32 Å². The first-order valence-corrected chi connectivity index (χ1v) is 7.34. The molecule has 0 saturated carbocycles. The second kappa shape index (κ2) is 5.41. The van der Waals surface area contributed by atoms with Gasteiger partial charge in [0.15, 0.2) is 0 Å². The molecule has 1 aliphatic carbocycles. The van der Waals surface area contributed by atoms with E-state index in [-0.39, 0.29) is 0 Å². The number of piperidine rings is 1. The summed E-state index contributed by atoms with van der Waals surface area (Å²) >= 11 is 0. The first-order chi connectivity index (χ1) is 8.81. The van der Waals surface area contributed by atoms with Gasteiger partial charge in [-0.3, -0.25) is 0 Å². The van der Waals surface area contributed by atoms with Gasteiger partial charge < -0.3 is 10.2 Å². The lowest BCUT2D eigenvalue weighted by atomic mass is 10.0. The predicted octanol–water partition coefficient (Wildman–Crippen LogP) is 2.36. The van der Waals surface area contributed by atoms with Crippen LogP contribution in [0.15, 0.2) is 18.2 Å². The summed E-state index contributed by atoms with van der Waals surface area (Å²) in [6.07, 6.45) is 6.51. The number of nitrogens with one attached hydrogen (secondary N) is 1. The average Bonchev–Trinajstić information content (AvgIpc) is 2.85. The van der Waals surface area contributed by atoms with Crippen molar-refractivity contribution < 1.29 is 0 Å². The van der Waals surface area contributed by atoms with E-state index in [9.17, 15) is 0 Å². The van der Waals surface area contributed by atoms with Crippen molar-refractivity contribution in [3.05, 3.63) is 34.9 Å². The highest BCUT2D eigenvalue weighted by Crippen LogP contribution is 2.22. The molecular weight excluding hydrogens is 220 g/mol. The zero-order valence-electron chi connectivity index (χ0n) is 11.4. The van der Waals surface area contributed by atoms with Crippen molar-refractivity contribution in [2.45, 2.75) is 44.7 Å². The van der Waals surface area contributed by atoms with E-state index in [2.05, 4.69) is 35.5 Å². The molecule has 2 aliphatic rings. The summed E-state index contributed by atoms with van der Waals surface area (Å²) in [5, 5.41) is 3.72. The molecule has 2 nitrogen and oxygen atoms in total. The van der Waals surface area contributed by atoms with Crippen molar-refractivity contribution in [1.82, 2.24) is 10.2 Å². The fourth-order valence-electron chi connectivity index (χ4n) is 3.21. The Morgan fingerprint density at radius 1 is 1.17 bits per heavy atom. The fraction of sp³-hybridized carbons (Fsp3) is 0.625. The van der Waals surface area contributed by atoms with E-state index in [1.807, 2.05) is 0 Å². The molecule has 1 heterocycles. The van der Waals surface area contributed by atoms with Crippen LogP contribution in [0, 0.1) is 0 Å². The van der Waals surface area contributed by atoms with Crippen LogP contribution >= 0.6 is 0 Å². The first-order valence-electron chi connectivity index (χ1n) is 7.34. The van der Waals surface area contributed by atoms with E-state index in [4.69, 9.17) is 0 Å². The summed E-state index contributed by atoms with van der Waals surface area (Å²) in [6, 6.07) is 7.79. The van der Waals surface area contributed by atoms with Crippen molar-refractivity contribution in [3.8, 4) is 0 Å². The van der Waals surface area contributed by atoms with Crippen LogP contribution in [0.5, 0.6) is 0 Å². The maximum atomic E-state index is 3.72. The fourth-order valence-corrected chi connectivity index (χ4v) is 3.21. The molecule has 98 valence electrons. The Balaban J connectivity index is 1.54. The number of benzene rings is 1. The van der Waals surface area contributed by atoms with E-state index in [0.29, 0.717) is 0 Å². The smallest absolute Gasteiger partial charge is 0.0208 e. The third-order valence-electron chi connectivity index (χ3n) is 4.48. The largest absolute Gasteiger partial charge is 0.310 e. The molecule has 0 radical (unpaired) electrons. The Morgan fingerprint density at radius 3 is 2.78 bits per heavy atom. The maximum Gasteiger partial charge on any atom is 0.0208 e. The molecule has 0 spiro atoms. The Hall–Kier alpha value is -0.860. The minimum atomic E-state index is 0.717. The van der Waals surface area contributed by atoms with Crippen molar-refractivity contribution in [1.29, 1.82) is 0 Å². The Bertz CT molecular complexity index is 406. The number of hydrogen-bond donors (Lipinski definition) is 1. The maximum absolute atomic E-state index is 3.72. The zero-order valence-corrected chi connectivity index (χ0v) is 11.4. The normalized spacial score (nSPS) is 21.2. The van der Waals surface area contributed by atoms with Crippen LogP contribution in [0.4, 0.5) is 0 Å². The summed E-state index contributed by atoms with van der Waals surface area (Å²) in [5.41, 5.74) is 4.64. The lowest BCUT2D eigenvalue weighted by molar-refractivity contribution is 0.234. The van der Waals surface area contributed by atoms with Gasteiger partial charge >= 0.3 is 0 Å².